The Morgan fingerprint density at radius 3 is 2.16 bits per heavy atom. The quantitative estimate of drug-likeness (QED) is 0.479. The molecule has 0 spiro atoms. The number of fused-ring (bicyclic) bond motifs is 1. The molecule has 174 valence electrons. The van der Waals surface area contributed by atoms with Crippen molar-refractivity contribution in [3.05, 3.63) is 47.0 Å². The summed E-state index contributed by atoms with van der Waals surface area (Å²) in [4.78, 5) is 6.91. The first-order valence-corrected chi connectivity index (χ1v) is 10.7. The van der Waals surface area contributed by atoms with Crippen molar-refractivity contribution >= 4 is 5.96 Å². The number of nitrogens with one attached hydrogen (secondary N) is 1. The van der Waals surface area contributed by atoms with Crippen LogP contribution in [0, 0.1) is 0 Å². The highest BCUT2D eigenvalue weighted by Crippen LogP contribution is 2.33. The van der Waals surface area contributed by atoms with Crippen LogP contribution in [0.25, 0.3) is 0 Å². The van der Waals surface area contributed by atoms with E-state index >= 15 is 0 Å². The molecule has 0 radical (unpaired) electrons. The number of methoxy groups -OCH3 is 4. The van der Waals surface area contributed by atoms with Gasteiger partial charge in [0.05, 0.1) is 41.1 Å². The van der Waals surface area contributed by atoms with Crippen LogP contribution in [0.2, 0.25) is 0 Å². The molecule has 1 heterocycles. The Morgan fingerprint density at radius 2 is 1.59 bits per heavy atom. The summed E-state index contributed by atoms with van der Waals surface area (Å²) in [5, 5.41) is 14.1. The lowest BCUT2D eigenvalue weighted by molar-refractivity contribution is 0.185. The molecular formula is C24H33N3O5. The molecule has 0 aliphatic carbocycles. The largest absolute Gasteiger partial charge is 0.497 e. The zero-order valence-corrected chi connectivity index (χ0v) is 19.5. The van der Waals surface area contributed by atoms with Crippen LogP contribution in [0.15, 0.2) is 35.3 Å². The van der Waals surface area contributed by atoms with Gasteiger partial charge in [-0.3, -0.25) is 4.99 Å². The molecule has 1 aliphatic heterocycles. The summed E-state index contributed by atoms with van der Waals surface area (Å²) >= 11 is 0. The van der Waals surface area contributed by atoms with E-state index in [2.05, 4.69) is 16.3 Å². The summed E-state index contributed by atoms with van der Waals surface area (Å²) in [5.41, 5.74) is 3.12. The molecular weight excluding hydrogens is 410 g/mol. The van der Waals surface area contributed by atoms with Crippen LogP contribution in [0.5, 0.6) is 23.0 Å². The Morgan fingerprint density at radius 1 is 0.969 bits per heavy atom. The second kappa shape index (κ2) is 10.9. The molecule has 2 N–H and O–H groups in total. The lowest BCUT2D eigenvalue weighted by Crippen LogP contribution is -2.44. The van der Waals surface area contributed by atoms with Gasteiger partial charge in [-0.15, -0.1) is 0 Å². The summed E-state index contributed by atoms with van der Waals surface area (Å²) < 4.78 is 21.5. The van der Waals surface area contributed by atoms with Gasteiger partial charge in [-0.25, -0.2) is 0 Å². The first kappa shape index (κ1) is 23.5. The van der Waals surface area contributed by atoms with Crippen molar-refractivity contribution in [1.29, 1.82) is 0 Å². The molecule has 8 nitrogen and oxygen atoms in total. The number of rotatable bonds is 8. The predicted molar refractivity (Wildman–Crippen MR) is 124 cm³/mol. The Bertz CT molecular complexity index is 925. The number of ether oxygens (including phenoxy) is 4. The fraction of sp³-hybridized carbons (Fsp3) is 0.458. The topological polar surface area (TPSA) is 84.8 Å². The van der Waals surface area contributed by atoms with Gasteiger partial charge in [-0.05, 0) is 54.3 Å². The van der Waals surface area contributed by atoms with E-state index in [0.29, 0.717) is 23.6 Å². The van der Waals surface area contributed by atoms with E-state index in [-0.39, 0.29) is 6.54 Å². The molecule has 2 aromatic carbocycles. The van der Waals surface area contributed by atoms with Gasteiger partial charge in [0.15, 0.2) is 17.5 Å². The van der Waals surface area contributed by atoms with Gasteiger partial charge in [0.25, 0.3) is 0 Å². The van der Waals surface area contributed by atoms with Crippen LogP contribution in [-0.4, -0.2) is 64.0 Å². The van der Waals surface area contributed by atoms with Crippen LogP contribution >= 0.6 is 0 Å². The van der Waals surface area contributed by atoms with Gasteiger partial charge in [-0.2, -0.15) is 0 Å². The Balaban J connectivity index is 1.78. The molecule has 3 rings (SSSR count). The number of aliphatic hydroxyl groups excluding tert-OH is 1. The van der Waals surface area contributed by atoms with E-state index in [9.17, 15) is 5.11 Å². The second-order valence-electron chi connectivity index (χ2n) is 7.50. The Hall–Kier alpha value is -3.13. The molecule has 0 saturated carbocycles. The standard InChI is InChI=1S/C24H33N3O5/c1-6-25-24(26-14-21(28)17-9-19(29-2)13-20(10-17)30-3)27-8-7-16-11-22(31-4)23(32-5)12-18(16)15-27/h9-13,21,28H,6-8,14-15H2,1-5H3,(H,25,26). The third kappa shape index (κ3) is 5.37. The first-order valence-electron chi connectivity index (χ1n) is 10.7. The fourth-order valence-corrected chi connectivity index (χ4v) is 3.79. The highest BCUT2D eigenvalue weighted by atomic mass is 16.5. The van der Waals surface area contributed by atoms with Gasteiger partial charge >= 0.3 is 0 Å². The van der Waals surface area contributed by atoms with Crippen molar-refractivity contribution in [2.75, 3.05) is 48.1 Å². The normalized spacial score (nSPS) is 14.4. The first-order chi connectivity index (χ1) is 15.5. The van der Waals surface area contributed by atoms with Crippen LogP contribution in [0.4, 0.5) is 0 Å². The summed E-state index contributed by atoms with van der Waals surface area (Å²) in [6.07, 6.45) is 0.0875. The minimum Gasteiger partial charge on any atom is -0.497 e. The van der Waals surface area contributed by atoms with Crippen molar-refractivity contribution in [1.82, 2.24) is 10.2 Å². The van der Waals surface area contributed by atoms with E-state index in [4.69, 9.17) is 23.9 Å². The Kier molecular flexibility index (Phi) is 8.05. The summed E-state index contributed by atoms with van der Waals surface area (Å²) in [6.45, 7) is 4.50. The molecule has 0 amide bonds. The fourth-order valence-electron chi connectivity index (χ4n) is 3.79. The average Bonchev–Trinajstić information content (AvgIpc) is 2.84. The molecule has 2 aromatic rings. The maximum Gasteiger partial charge on any atom is 0.194 e. The Labute approximate surface area is 189 Å². The van der Waals surface area contributed by atoms with Gasteiger partial charge in [0.1, 0.15) is 11.5 Å². The van der Waals surface area contributed by atoms with Crippen molar-refractivity contribution < 1.29 is 24.1 Å². The third-order valence-electron chi connectivity index (χ3n) is 5.53. The number of hydrogen-bond acceptors (Lipinski definition) is 6. The van der Waals surface area contributed by atoms with Gasteiger partial charge in [0.2, 0.25) is 0 Å². The summed E-state index contributed by atoms with van der Waals surface area (Å²) in [7, 11) is 6.47. The van der Waals surface area contributed by atoms with Crippen LogP contribution in [0.3, 0.4) is 0 Å². The van der Waals surface area contributed by atoms with Crippen molar-refractivity contribution in [2.45, 2.75) is 26.0 Å². The molecule has 0 fully saturated rings. The highest BCUT2D eigenvalue weighted by Gasteiger charge is 2.22. The minimum atomic E-state index is -0.783. The van der Waals surface area contributed by atoms with Crippen LogP contribution in [0.1, 0.15) is 29.7 Å². The monoisotopic (exact) mass is 443 g/mol. The van der Waals surface area contributed by atoms with E-state index in [0.717, 1.165) is 37.0 Å². The molecule has 0 saturated heterocycles. The van der Waals surface area contributed by atoms with Crippen molar-refractivity contribution in [3.8, 4) is 23.0 Å². The summed E-state index contributed by atoms with van der Waals surface area (Å²) in [6, 6.07) is 9.45. The summed E-state index contributed by atoms with van der Waals surface area (Å²) in [5.74, 6) is 3.49. The van der Waals surface area contributed by atoms with Crippen LogP contribution < -0.4 is 24.3 Å². The minimum absolute atomic E-state index is 0.216. The number of hydrogen-bond donors (Lipinski definition) is 2. The lowest BCUT2D eigenvalue weighted by Gasteiger charge is -2.32. The van der Waals surface area contributed by atoms with Gasteiger partial charge < -0.3 is 34.3 Å². The molecule has 0 aromatic heterocycles. The number of aliphatic hydroxyl groups is 1. The maximum atomic E-state index is 10.8. The van der Waals surface area contributed by atoms with Gasteiger partial charge in [-0.1, -0.05) is 0 Å². The van der Waals surface area contributed by atoms with E-state index in [1.54, 1.807) is 46.6 Å². The van der Waals surface area contributed by atoms with E-state index in [1.165, 1.54) is 11.1 Å². The number of nitrogens with zero attached hydrogens (tertiary/aromatic N) is 2. The zero-order chi connectivity index (χ0) is 23.1. The highest BCUT2D eigenvalue weighted by molar-refractivity contribution is 5.80. The molecule has 8 heteroatoms. The smallest absolute Gasteiger partial charge is 0.194 e. The third-order valence-corrected chi connectivity index (χ3v) is 5.53. The maximum absolute atomic E-state index is 10.8. The number of benzene rings is 2. The van der Waals surface area contributed by atoms with Crippen LogP contribution in [-0.2, 0) is 13.0 Å². The van der Waals surface area contributed by atoms with Crippen molar-refractivity contribution in [3.63, 3.8) is 0 Å². The molecule has 0 bridgehead atoms. The van der Waals surface area contributed by atoms with Crippen molar-refractivity contribution in [2.24, 2.45) is 4.99 Å². The lowest BCUT2D eigenvalue weighted by atomic mass is 9.99. The number of guanidine groups is 1. The SMILES string of the molecule is CCNC(=NCC(O)c1cc(OC)cc(OC)c1)N1CCc2cc(OC)c(OC)cc2C1. The number of aliphatic imine (C=N–C) groups is 1. The predicted octanol–water partition coefficient (Wildman–Crippen LogP) is 2.78. The van der Waals surface area contributed by atoms with E-state index < -0.39 is 6.10 Å². The van der Waals surface area contributed by atoms with Gasteiger partial charge in [0, 0.05) is 25.7 Å². The molecule has 1 aliphatic rings. The molecule has 1 atom stereocenters. The zero-order valence-electron chi connectivity index (χ0n) is 19.5. The molecule has 32 heavy (non-hydrogen) atoms. The average molecular weight is 444 g/mol. The van der Waals surface area contributed by atoms with E-state index in [1.807, 2.05) is 13.0 Å². The molecule has 1 unspecified atom stereocenters. The second-order valence-corrected chi connectivity index (χ2v) is 7.50.